The van der Waals surface area contributed by atoms with E-state index in [9.17, 15) is 4.79 Å². The highest BCUT2D eigenvalue weighted by Gasteiger charge is 2.16. The molecule has 0 aliphatic carbocycles. The highest BCUT2D eigenvalue weighted by Crippen LogP contribution is 2.26. The maximum Gasteiger partial charge on any atom is 0.219 e. The summed E-state index contributed by atoms with van der Waals surface area (Å²) in [5.41, 5.74) is 3.70. The molecule has 3 rings (SSSR count). The van der Waals surface area contributed by atoms with Crippen LogP contribution in [-0.2, 0) is 11.3 Å². The first-order valence-corrected chi connectivity index (χ1v) is 7.37. The maximum absolute atomic E-state index is 11.6. The van der Waals surface area contributed by atoms with Crippen LogP contribution in [0.4, 0.5) is 0 Å². The SMILES string of the molecule is CC(=O)N(C)Cc1c(-c2ccc(Cl)cc2)nc2ccccn12. The Morgan fingerprint density at radius 3 is 2.64 bits per heavy atom. The lowest BCUT2D eigenvalue weighted by molar-refractivity contribution is -0.128. The molecule has 1 amide bonds. The van der Waals surface area contributed by atoms with Crippen molar-refractivity contribution in [3.05, 3.63) is 59.4 Å². The fourth-order valence-electron chi connectivity index (χ4n) is 2.37. The van der Waals surface area contributed by atoms with Gasteiger partial charge in [-0.25, -0.2) is 4.98 Å². The topological polar surface area (TPSA) is 37.6 Å². The van der Waals surface area contributed by atoms with Gasteiger partial charge in [0, 0.05) is 30.8 Å². The van der Waals surface area contributed by atoms with Crippen LogP contribution in [0.15, 0.2) is 48.7 Å². The normalized spacial score (nSPS) is 10.9. The van der Waals surface area contributed by atoms with Gasteiger partial charge in [0.2, 0.25) is 5.91 Å². The minimum absolute atomic E-state index is 0.0212. The molecular weight excluding hydrogens is 298 g/mol. The monoisotopic (exact) mass is 313 g/mol. The van der Waals surface area contributed by atoms with Gasteiger partial charge in [-0.2, -0.15) is 0 Å². The number of carbonyl (C=O) groups is 1. The summed E-state index contributed by atoms with van der Waals surface area (Å²) in [4.78, 5) is 18.0. The predicted octanol–water partition coefficient (Wildman–Crippen LogP) is 3.63. The summed E-state index contributed by atoms with van der Waals surface area (Å²) >= 11 is 5.97. The van der Waals surface area contributed by atoms with E-state index in [2.05, 4.69) is 0 Å². The van der Waals surface area contributed by atoms with Gasteiger partial charge in [0.1, 0.15) is 5.65 Å². The van der Waals surface area contributed by atoms with Crippen LogP contribution in [0.2, 0.25) is 5.02 Å². The Labute approximate surface area is 134 Å². The Balaban J connectivity index is 2.16. The zero-order valence-electron chi connectivity index (χ0n) is 12.5. The second kappa shape index (κ2) is 5.81. The lowest BCUT2D eigenvalue weighted by Crippen LogP contribution is -2.24. The van der Waals surface area contributed by atoms with Crippen molar-refractivity contribution in [2.24, 2.45) is 0 Å². The average molecular weight is 314 g/mol. The molecule has 0 atom stereocenters. The summed E-state index contributed by atoms with van der Waals surface area (Å²) in [7, 11) is 1.79. The van der Waals surface area contributed by atoms with Crippen LogP contribution in [0.25, 0.3) is 16.9 Å². The summed E-state index contributed by atoms with van der Waals surface area (Å²) in [5.74, 6) is 0.0212. The number of aromatic nitrogens is 2. The number of hydrogen-bond donors (Lipinski definition) is 0. The third kappa shape index (κ3) is 2.70. The number of hydrogen-bond acceptors (Lipinski definition) is 2. The van der Waals surface area contributed by atoms with E-state index in [0.717, 1.165) is 22.6 Å². The number of halogens is 1. The van der Waals surface area contributed by atoms with Crippen molar-refractivity contribution in [3.8, 4) is 11.3 Å². The van der Waals surface area contributed by atoms with Crippen LogP contribution in [0.1, 0.15) is 12.6 Å². The number of fused-ring (bicyclic) bond motifs is 1. The molecule has 0 radical (unpaired) electrons. The lowest BCUT2D eigenvalue weighted by atomic mass is 10.1. The number of rotatable bonds is 3. The third-order valence-electron chi connectivity index (χ3n) is 3.67. The van der Waals surface area contributed by atoms with Gasteiger partial charge in [-0.1, -0.05) is 29.8 Å². The third-order valence-corrected chi connectivity index (χ3v) is 3.92. The Kier molecular flexibility index (Phi) is 3.86. The molecule has 0 aliphatic heterocycles. The maximum atomic E-state index is 11.6. The van der Waals surface area contributed by atoms with Gasteiger partial charge >= 0.3 is 0 Å². The number of amides is 1. The quantitative estimate of drug-likeness (QED) is 0.740. The minimum atomic E-state index is 0.0212. The molecule has 0 bridgehead atoms. The van der Waals surface area contributed by atoms with Crippen LogP contribution in [0, 0.1) is 0 Å². The zero-order chi connectivity index (χ0) is 15.7. The number of carbonyl (C=O) groups excluding carboxylic acids is 1. The highest BCUT2D eigenvalue weighted by atomic mass is 35.5. The minimum Gasteiger partial charge on any atom is -0.340 e. The van der Waals surface area contributed by atoms with Gasteiger partial charge in [-0.15, -0.1) is 0 Å². The van der Waals surface area contributed by atoms with Crippen molar-refractivity contribution in [1.29, 1.82) is 0 Å². The summed E-state index contributed by atoms with van der Waals surface area (Å²) in [6.45, 7) is 2.06. The van der Waals surface area contributed by atoms with E-state index >= 15 is 0 Å². The zero-order valence-corrected chi connectivity index (χ0v) is 13.2. The molecule has 0 saturated carbocycles. The fourth-order valence-corrected chi connectivity index (χ4v) is 2.50. The van der Waals surface area contributed by atoms with Gasteiger partial charge in [0.25, 0.3) is 0 Å². The smallest absolute Gasteiger partial charge is 0.219 e. The van der Waals surface area contributed by atoms with Crippen molar-refractivity contribution < 1.29 is 4.79 Å². The van der Waals surface area contributed by atoms with Crippen molar-refractivity contribution >= 4 is 23.2 Å². The molecule has 4 nitrogen and oxygen atoms in total. The van der Waals surface area contributed by atoms with E-state index in [1.807, 2.05) is 53.1 Å². The van der Waals surface area contributed by atoms with Gasteiger partial charge < -0.3 is 9.30 Å². The summed E-state index contributed by atoms with van der Waals surface area (Å²) in [6, 6.07) is 13.4. The van der Waals surface area contributed by atoms with Crippen LogP contribution in [-0.4, -0.2) is 27.2 Å². The molecule has 5 heteroatoms. The molecule has 2 heterocycles. The molecule has 0 fully saturated rings. The molecule has 2 aromatic heterocycles. The van der Waals surface area contributed by atoms with Crippen LogP contribution < -0.4 is 0 Å². The van der Waals surface area contributed by atoms with Crippen molar-refractivity contribution in [2.45, 2.75) is 13.5 Å². The van der Waals surface area contributed by atoms with Crippen molar-refractivity contribution in [1.82, 2.24) is 14.3 Å². The Bertz CT molecular complexity index is 824. The number of pyridine rings is 1. The van der Waals surface area contributed by atoms with E-state index < -0.39 is 0 Å². The fraction of sp³-hybridized carbons (Fsp3) is 0.176. The van der Waals surface area contributed by atoms with E-state index in [0.29, 0.717) is 11.6 Å². The van der Waals surface area contributed by atoms with E-state index in [4.69, 9.17) is 16.6 Å². The van der Waals surface area contributed by atoms with Crippen LogP contribution in [0.5, 0.6) is 0 Å². The Morgan fingerprint density at radius 2 is 1.95 bits per heavy atom. The van der Waals surface area contributed by atoms with Gasteiger partial charge in [-0.05, 0) is 24.3 Å². The standard InChI is InChI=1S/C17H16ClN3O/c1-12(22)20(2)11-15-17(13-6-8-14(18)9-7-13)19-16-5-3-4-10-21(15)16/h3-10H,11H2,1-2H3. The molecular formula is C17H16ClN3O. The van der Waals surface area contributed by atoms with Crippen LogP contribution in [0.3, 0.4) is 0 Å². The van der Waals surface area contributed by atoms with Crippen molar-refractivity contribution in [3.63, 3.8) is 0 Å². The second-order valence-corrected chi connectivity index (χ2v) is 5.65. The Hall–Kier alpha value is -2.33. The summed E-state index contributed by atoms with van der Waals surface area (Å²) < 4.78 is 2.02. The molecule has 3 aromatic rings. The molecule has 0 spiro atoms. The molecule has 22 heavy (non-hydrogen) atoms. The van der Waals surface area contributed by atoms with Crippen molar-refractivity contribution in [2.75, 3.05) is 7.05 Å². The van der Waals surface area contributed by atoms with E-state index in [-0.39, 0.29) is 5.91 Å². The van der Waals surface area contributed by atoms with Gasteiger partial charge in [-0.3, -0.25) is 4.79 Å². The molecule has 0 unspecified atom stereocenters. The number of nitrogens with zero attached hydrogens (tertiary/aromatic N) is 3. The molecule has 0 saturated heterocycles. The lowest BCUT2D eigenvalue weighted by Gasteiger charge is -2.15. The largest absolute Gasteiger partial charge is 0.340 e. The first-order chi connectivity index (χ1) is 10.6. The number of benzene rings is 1. The van der Waals surface area contributed by atoms with Gasteiger partial charge in [0.15, 0.2) is 0 Å². The average Bonchev–Trinajstić information content (AvgIpc) is 2.87. The second-order valence-electron chi connectivity index (χ2n) is 5.22. The summed E-state index contributed by atoms with van der Waals surface area (Å²) in [6.07, 6.45) is 1.96. The molecule has 1 aromatic carbocycles. The predicted molar refractivity (Wildman–Crippen MR) is 87.8 cm³/mol. The summed E-state index contributed by atoms with van der Waals surface area (Å²) in [5, 5.41) is 0.690. The molecule has 0 aliphatic rings. The number of imidazole rings is 1. The Morgan fingerprint density at radius 1 is 1.23 bits per heavy atom. The molecule has 112 valence electrons. The van der Waals surface area contributed by atoms with Gasteiger partial charge in [0.05, 0.1) is 17.9 Å². The van der Waals surface area contributed by atoms with E-state index in [1.54, 1.807) is 18.9 Å². The van der Waals surface area contributed by atoms with E-state index in [1.165, 1.54) is 0 Å². The molecule has 0 N–H and O–H groups in total. The highest BCUT2D eigenvalue weighted by molar-refractivity contribution is 6.30. The first-order valence-electron chi connectivity index (χ1n) is 7.00. The van der Waals surface area contributed by atoms with Crippen LogP contribution >= 0.6 is 11.6 Å². The first kappa shape index (κ1) is 14.6.